The molecule has 3 unspecified atom stereocenters. The number of hydrogen-bond donors (Lipinski definition) is 4. The van der Waals surface area contributed by atoms with Crippen molar-refractivity contribution in [1.29, 1.82) is 0 Å². The molecule has 0 heterocycles. The van der Waals surface area contributed by atoms with Gasteiger partial charge in [0.15, 0.2) is 0 Å². The summed E-state index contributed by atoms with van der Waals surface area (Å²) in [5.41, 5.74) is 0. The highest BCUT2D eigenvalue weighted by Gasteiger charge is 2.23. The van der Waals surface area contributed by atoms with Crippen molar-refractivity contribution in [3.63, 3.8) is 0 Å². The average Bonchev–Trinajstić information content (AvgIpc) is 3.15. The van der Waals surface area contributed by atoms with Gasteiger partial charge in [-0.25, -0.2) is 0 Å². The lowest BCUT2D eigenvalue weighted by atomic mass is 10.0. The van der Waals surface area contributed by atoms with Crippen LogP contribution in [-0.2, 0) is 4.79 Å². The smallest absolute Gasteiger partial charge is 0.249 e. The monoisotopic (exact) mass is 738 g/mol. The Morgan fingerprint density at radius 2 is 0.615 bits per heavy atom. The van der Waals surface area contributed by atoms with Crippen LogP contribution in [0.15, 0.2) is 0 Å². The van der Waals surface area contributed by atoms with E-state index in [1.807, 2.05) is 0 Å². The third-order valence-electron chi connectivity index (χ3n) is 11.5. The van der Waals surface area contributed by atoms with Gasteiger partial charge in [0.1, 0.15) is 6.10 Å². The van der Waals surface area contributed by atoms with Gasteiger partial charge in [0, 0.05) is 0 Å². The molecule has 3 atom stereocenters. The second-order valence-electron chi connectivity index (χ2n) is 16.7. The van der Waals surface area contributed by atoms with Crippen LogP contribution in [0.1, 0.15) is 271 Å². The molecule has 0 aliphatic rings. The highest BCUT2D eigenvalue weighted by atomic mass is 16.3. The molecule has 0 spiro atoms. The first-order valence-electron chi connectivity index (χ1n) is 23.8. The van der Waals surface area contributed by atoms with E-state index in [0.29, 0.717) is 12.8 Å². The van der Waals surface area contributed by atoms with E-state index in [9.17, 15) is 20.1 Å². The zero-order valence-corrected chi connectivity index (χ0v) is 35.5. The number of amides is 1. The lowest BCUT2D eigenvalue weighted by molar-refractivity contribution is -0.131. The Morgan fingerprint density at radius 1 is 0.385 bits per heavy atom. The minimum Gasteiger partial charge on any atom is -0.394 e. The lowest BCUT2D eigenvalue weighted by Gasteiger charge is -2.23. The number of carbonyl (C=O) groups is 1. The number of aliphatic hydroxyl groups excluding tert-OH is 3. The van der Waals surface area contributed by atoms with E-state index < -0.39 is 24.2 Å². The first-order chi connectivity index (χ1) is 25.6. The van der Waals surface area contributed by atoms with E-state index in [1.54, 1.807) is 0 Å². The molecule has 1 amide bonds. The van der Waals surface area contributed by atoms with Gasteiger partial charge in [0.05, 0.1) is 18.8 Å². The van der Waals surface area contributed by atoms with Crippen LogP contribution in [0.2, 0.25) is 0 Å². The maximum absolute atomic E-state index is 12.5. The zero-order valence-electron chi connectivity index (χ0n) is 35.5. The predicted molar refractivity (Wildman–Crippen MR) is 227 cm³/mol. The Labute approximate surface area is 326 Å². The molecule has 0 aromatic heterocycles. The molecule has 0 aromatic rings. The minimum atomic E-state index is -1.07. The van der Waals surface area contributed by atoms with Crippen molar-refractivity contribution in [2.24, 2.45) is 0 Å². The van der Waals surface area contributed by atoms with E-state index in [-0.39, 0.29) is 6.61 Å². The molecule has 0 saturated heterocycles. The standard InChI is InChI=1S/C47H95NO4/c1-3-5-7-9-11-13-15-17-19-21-23-24-26-28-30-32-34-36-38-40-42-46(51)47(52)48-44(43-49)45(50)41-39-37-35-33-31-29-27-25-22-20-18-16-14-12-10-8-6-4-2/h44-46,49-51H,3-43H2,1-2H3,(H,48,52). The number of nitrogens with one attached hydrogen (secondary N) is 1. The summed E-state index contributed by atoms with van der Waals surface area (Å²) in [5, 5.41) is 33.4. The average molecular weight is 738 g/mol. The molecule has 5 nitrogen and oxygen atoms in total. The first-order valence-corrected chi connectivity index (χ1v) is 23.8. The fourth-order valence-electron chi connectivity index (χ4n) is 7.72. The molecule has 0 radical (unpaired) electrons. The Balaban J connectivity index is 3.55. The summed E-state index contributed by atoms with van der Waals surface area (Å²) < 4.78 is 0. The summed E-state index contributed by atoms with van der Waals surface area (Å²) in [5.74, 6) is -0.464. The van der Waals surface area contributed by atoms with Crippen LogP contribution in [-0.4, -0.2) is 46.1 Å². The van der Waals surface area contributed by atoms with Gasteiger partial charge in [-0.1, -0.05) is 258 Å². The Hall–Kier alpha value is -0.650. The van der Waals surface area contributed by atoms with Crippen molar-refractivity contribution < 1.29 is 20.1 Å². The Kier molecular flexibility index (Phi) is 42.5. The van der Waals surface area contributed by atoms with E-state index in [2.05, 4.69) is 19.2 Å². The van der Waals surface area contributed by atoms with Gasteiger partial charge in [0.2, 0.25) is 5.91 Å². The summed E-state index contributed by atoms with van der Waals surface area (Å²) in [7, 11) is 0. The number of unbranched alkanes of at least 4 members (excludes halogenated alkanes) is 36. The number of rotatable bonds is 44. The fourth-order valence-corrected chi connectivity index (χ4v) is 7.72. The Morgan fingerprint density at radius 3 is 0.865 bits per heavy atom. The van der Waals surface area contributed by atoms with E-state index >= 15 is 0 Å². The van der Waals surface area contributed by atoms with Crippen LogP contribution in [0.5, 0.6) is 0 Å². The summed E-state index contributed by atoms with van der Waals surface area (Å²) in [6.07, 6.45) is 49.7. The van der Waals surface area contributed by atoms with Crippen molar-refractivity contribution in [2.45, 2.75) is 289 Å². The fraction of sp³-hybridized carbons (Fsp3) is 0.979. The van der Waals surface area contributed by atoms with E-state index in [0.717, 1.165) is 32.1 Å². The highest BCUT2D eigenvalue weighted by molar-refractivity contribution is 5.80. The molecule has 312 valence electrons. The van der Waals surface area contributed by atoms with Gasteiger partial charge in [-0.2, -0.15) is 0 Å². The Bertz CT molecular complexity index is 688. The molecule has 0 bridgehead atoms. The molecular weight excluding hydrogens is 643 g/mol. The lowest BCUT2D eigenvalue weighted by Crippen LogP contribution is -2.49. The summed E-state index contributed by atoms with van der Waals surface area (Å²) in [4.78, 5) is 12.5. The van der Waals surface area contributed by atoms with Crippen LogP contribution >= 0.6 is 0 Å². The van der Waals surface area contributed by atoms with Crippen LogP contribution in [0.3, 0.4) is 0 Å². The minimum absolute atomic E-state index is 0.308. The largest absolute Gasteiger partial charge is 0.394 e. The van der Waals surface area contributed by atoms with Gasteiger partial charge >= 0.3 is 0 Å². The second kappa shape index (κ2) is 43.1. The highest BCUT2D eigenvalue weighted by Crippen LogP contribution is 2.17. The van der Waals surface area contributed by atoms with Gasteiger partial charge in [-0.3, -0.25) is 4.79 Å². The zero-order chi connectivity index (χ0) is 38.0. The third-order valence-corrected chi connectivity index (χ3v) is 11.5. The molecule has 4 N–H and O–H groups in total. The molecule has 0 saturated carbocycles. The molecule has 0 aliphatic heterocycles. The summed E-state index contributed by atoms with van der Waals surface area (Å²) >= 11 is 0. The van der Waals surface area contributed by atoms with E-state index in [4.69, 9.17) is 0 Å². The van der Waals surface area contributed by atoms with Gasteiger partial charge in [-0.15, -0.1) is 0 Å². The molecule has 0 aliphatic carbocycles. The SMILES string of the molecule is CCCCCCCCCCCCCCCCCCCCCCC(O)C(=O)NC(CO)C(O)CCCCCCCCCCCCCCCCCCCC. The maximum Gasteiger partial charge on any atom is 0.249 e. The van der Waals surface area contributed by atoms with Crippen molar-refractivity contribution in [3.8, 4) is 0 Å². The van der Waals surface area contributed by atoms with Crippen molar-refractivity contribution in [1.82, 2.24) is 5.32 Å². The quantitative estimate of drug-likeness (QED) is 0.0469. The number of hydrogen-bond acceptors (Lipinski definition) is 4. The maximum atomic E-state index is 12.5. The molecular formula is C47H95NO4. The third kappa shape index (κ3) is 37.7. The second-order valence-corrected chi connectivity index (χ2v) is 16.7. The van der Waals surface area contributed by atoms with Gasteiger partial charge in [-0.05, 0) is 12.8 Å². The molecule has 0 rings (SSSR count). The number of aliphatic hydroxyl groups is 3. The molecule has 0 aromatic carbocycles. The van der Waals surface area contributed by atoms with Crippen LogP contribution in [0.4, 0.5) is 0 Å². The molecule has 0 fully saturated rings. The van der Waals surface area contributed by atoms with Crippen molar-refractivity contribution in [2.75, 3.05) is 6.61 Å². The topological polar surface area (TPSA) is 89.8 Å². The summed E-state index contributed by atoms with van der Waals surface area (Å²) in [6, 6.07) is -0.706. The molecule has 5 heteroatoms. The summed E-state index contributed by atoms with van der Waals surface area (Å²) in [6.45, 7) is 4.26. The van der Waals surface area contributed by atoms with Crippen molar-refractivity contribution in [3.05, 3.63) is 0 Å². The van der Waals surface area contributed by atoms with E-state index in [1.165, 1.54) is 212 Å². The molecule has 52 heavy (non-hydrogen) atoms. The van der Waals surface area contributed by atoms with Gasteiger partial charge < -0.3 is 20.6 Å². The van der Waals surface area contributed by atoms with Crippen molar-refractivity contribution >= 4 is 5.91 Å². The van der Waals surface area contributed by atoms with Crippen LogP contribution < -0.4 is 5.32 Å². The first kappa shape index (κ1) is 51.4. The normalized spacial score (nSPS) is 13.4. The number of carbonyl (C=O) groups excluding carboxylic acids is 1. The van der Waals surface area contributed by atoms with Crippen LogP contribution in [0.25, 0.3) is 0 Å². The predicted octanol–water partition coefficient (Wildman–Crippen LogP) is 13.8. The van der Waals surface area contributed by atoms with Crippen LogP contribution in [0, 0.1) is 0 Å². The van der Waals surface area contributed by atoms with Gasteiger partial charge in [0.25, 0.3) is 0 Å².